The average molecular weight is 140 g/mol. The highest BCUT2D eigenvalue weighted by molar-refractivity contribution is 5.66. The maximum absolute atomic E-state index is 10.6. The minimum Gasteiger partial charge on any atom is -0.313 e. The van der Waals surface area contributed by atoms with E-state index in [1.807, 2.05) is 0 Å². The van der Waals surface area contributed by atoms with Gasteiger partial charge in [-0.25, -0.2) is 0 Å². The van der Waals surface area contributed by atoms with E-state index in [0.29, 0.717) is 6.04 Å². The molecule has 0 aliphatic carbocycles. The van der Waals surface area contributed by atoms with E-state index in [1.165, 1.54) is 0 Å². The molecule has 2 unspecified atom stereocenters. The molecular weight excluding hydrogens is 128 g/mol. The molecule has 2 bridgehead atoms. The van der Waals surface area contributed by atoms with Crippen LogP contribution in [-0.2, 0) is 4.79 Å². The van der Waals surface area contributed by atoms with Gasteiger partial charge in [-0.1, -0.05) is 0 Å². The van der Waals surface area contributed by atoms with Gasteiger partial charge in [0, 0.05) is 19.1 Å². The predicted octanol–water partition coefficient (Wildman–Crippen LogP) is -0.721. The van der Waals surface area contributed by atoms with Gasteiger partial charge >= 0.3 is 0 Å². The molecule has 0 saturated carbocycles. The standard InChI is InChI=1S/C7H12N2O/c10-5-7-2-1-6(9-7)3-8-4-7/h5-6,8-9H,1-4H2. The Bertz CT molecular complexity index is 156. The molecule has 0 amide bonds. The predicted molar refractivity (Wildman–Crippen MR) is 37.8 cm³/mol. The second kappa shape index (κ2) is 2.04. The molecular formula is C7H12N2O. The lowest BCUT2D eigenvalue weighted by molar-refractivity contribution is -0.113. The molecule has 3 heteroatoms. The molecule has 2 N–H and O–H groups in total. The van der Waals surface area contributed by atoms with Crippen LogP contribution in [0.3, 0.4) is 0 Å². The van der Waals surface area contributed by atoms with E-state index in [1.54, 1.807) is 0 Å². The van der Waals surface area contributed by atoms with Crippen LogP contribution in [0.1, 0.15) is 12.8 Å². The molecule has 2 aliphatic rings. The van der Waals surface area contributed by atoms with Crippen LogP contribution in [-0.4, -0.2) is 31.0 Å². The minimum absolute atomic E-state index is 0.205. The second-order valence-electron chi connectivity index (χ2n) is 3.28. The van der Waals surface area contributed by atoms with Crippen molar-refractivity contribution in [2.75, 3.05) is 13.1 Å². The number of hydrogen-bond acceptors (Lipinski definition) is 3. The van der Waals surface area contributed by atoms with Crippen molar-refractivity contribution >= 4 is 6.29 Å². The zero-order valence-electron chi connectivity index (χ0n) is 5.89. The fourth-order valence-electron chi connectivity index (χ4n) is 1.88. The molecule has 2 heterocycles. The number of carbonyl (C=O) groups excluding carboxylic acids is 1. The molecule has 2 rings (SSSR count). The van der Waals surface area contributed by atoms with E-state index >= 15 is 0 Å². The zero-order chi connectivity index (χ0) is 7.03. The number of rotatable bonds is 1. The molecule has 2 aliphatic heterocycles. The summed E-state index contributed by atoms with van der Waals surface area (Å²) >= 11 is 0. The van der Waals surface area contributed by atoms with Gasteiger partial charge in [0.1, 0.15) is 6.29 Å². The third kappa shape index (κ3) is 0.777. The van der Waals surface area contributed by atoms with Crippen molar-refractivity contribution in [3.05, 3.63) is 0 Å². The van der Waals surface area contributed by atoms with Gasteiger partial charge in [-0.15, -0.1) is 0 Å². The Morgan fingerprint density at radius 2 is 2.50 bits per heavy atom. The SMILES string of the molecule is O=CC12CCC(CNC1)N2. The number of fused-ring (bicyclic) bond motifs is 2. The van der Waals surface area contributed by atoms with Crippen LogP contribution in [0.5, 0.6) is 0 Å². The summed E-state index contributed by atoms with van der Waals surface area (Å²) in [5.41, 5.74) is -0.205. The van der Waals surface area contributed by atoms with Crippen molar-refractivity contribution in [3.8, 4) is 0 Å². The molecule has 0 spiro atoms. The molecule has 56 valence electrons. The first-order valence-electron chi connectivity index (χ1n) is 3.79. The van der Waals surface area contributed by atoms with Crippen molar-refractivity contribution in [1.29, 1.82) is 0 Å². The van der Waals surface area contributed by atoms with Gasteiger partial charge in [-0.05, 0) is 12.8 Å². The van der Waals surface area contributed by atoms with E-state index in [-0.39, 0.29) is 5.54 Å². The first kappa shape index (κ1) is 6.31. The molecule has 2 fully saturated rings. The van der Waals surface area contributed by atoms with Crippen molar-refractivity contribution in [2.24, 2.45) is 0 Å². The summed E-state index contributed by atoms with van der Waals surface area (Å²) in [5.74, 6) is 0. The first-order chi connectivity index (χ1) is 4.85. The van der Waals surface area contributed by atoms with Crippen molar-refractivity contribution in [1.82, 2.24) is 10.6 Å². The Morgan fingerprint density at radius 1 is 1.60 bits per heavy atom. The highest BCUT2D eigenvalue weighted by Crippen LogP contribution is 2.23. The third-order valence-electron chi connectivity index (χ3n) is 2.49. The maximum atomic E-state index is 10.6. The quantitative estimate of drug-likeness (QED) is 0.472. The van der Waals surface area contributed by atoms with Gasteiger partial charge < -0.3 is 15.4 Å². The Balaban J connectivity index is 2.16. The van der Waals surface area contributed by atoms with Crippen LogP contribution in [0, 0.1) is 0 Å². The van der Waals surface area contributed by atoms with Crippen molar-refractivity contribution in [3.63, 3.8) is 0 Å². The van der Waals surface area contributed by atoms with E-state index in [4.69, 9.17) is 0 Å². The number of piperazine rings is 1. The van der Waals surface area contributed by atoms with Gasteiger partial charge in [0.2, 0.25) is 0 Å². The van der Waals surface area contributed by atoms with Crippen molar-refractivity contribution < 1.29 is 4.79 Å². The van der Waals surface area contributed by atoms with Gasteiger partial charge in [0.15, 0.2) is 0 Å². The smallest absolute Gasteiger partial charge is 0.141 e. The highest BCUT2D eigenvalue weighted by atomic mass is 16.1. The largest absolute Gasteiger partial charge is 0.313 e. The molecule has 0 aromatic rings. The summed E-state index contributed by atoms with van der Waals surface area (Å²) < 4.78 is 0. The maximum Gasteiger partial charge on any atom is 0.141 e. The third-order valence-corrected chi connectivity index (χ3v) is 2.49. The summed E-state index contributed by atoms with van der Waals surface area (Å²) in [6, 6.07) is 0.541. The lowest BCUT2D eigenvalue weighted by atomic mass is 10.0. The van der Waals surface area contributed by atoms with Crippen LogP contribution in [0.15, 0.2) is 0 Å². The van der Waals surface area contributed by atoms with Crippen LogP contribution >= 0.6 is 0 Å². The Kier molecular flexibility index (Phi) is 1.28. The summed E-state index contributed by atoms with van der Waals surface area (Å²) in [5, 5.41) is 6.57. The van der Waals surface area contributed by atoms with Crippen LogP contribution in [0.2, 0.25) is 0 Å². The highest BCUT2D eigenvalue weighted by Gasteiger charge is 2.40. The van der Waals surface area contributed by atoms with Crippen LogP contribution < -0.4 is 10.6 Å². The normalized spacial score (nSPS) is 45.4. The molecule has 2 atom stereocenters. The van der Waals surface area contributed by atoms with Gasteiger partial charge in [-0.2, -0.15) is 0 Å². The summed E-state index contributed by atoms with van der Waals surface area (Å²) in [4.78, 5) is 10.6. The molecule has 3 nitrogen and oxygen atoms in total. The summed E-state index contributed by atoms with van der Waals surface area (Å²) in [6.45, 7) is 1.84. The Morgan fingerprint density at radius 3 is 3.20 bits per heavy atom. The molecule has 2 saturated heterocycles. The Labute approximate surface area is 60.2 Å². The summed E-state index contributed by atoms with van der Waals surface area (Å²) in [6.07, 6.45) is 3.21. The Hall–Kier alpha value is -0.410. The van der Waals surface area contributed by atoms with Crippen LogP contribution in [0.25, 0.3) is 0 Å². The lowest BCUT2D eigenvalue weighted by Crippen LogP contribution is -2.58. The molecule has 0 aromatic carbocycles. The van der Waals surface area contributed by atoms with Gasteiger partial charge in [-0.3, -0.25) is 0 Å². The molecule has 0 radical (unpaired) electrons. The number of nitrogens with one attached hydrogen (secondary N) is 2. The lowest BCUT2D eigenvalue weighted by Gasteiger charge is -2.29. The number of aldehydes is 1. The monoisotopic (exact) mass is 140 g/mol. The fraction of sp³-hybridized carbons (Fsp3) is 0.857. The summed E-state index contributed by atoms with van der Waals surface area (Å²) in [7, 11) is 0. The minimum atomic E-state index is -0.205. The van der Waals surface area contributed by atoms with E-state index < -0.39 is 0 Å². The van der Waals surface area contributed by atoms with E-state index in [0.717, 1.165) is 32.2 Å². The molecule has 10 heavy (non-hydrogen) atoms. The second-order valence-corrected chi connectivity index (χ2v) is 3.28. The fourth-order valence-corrected chi connectivity index (χ4v) is 1.88. The van der Waals surface area contributed by atoms with Gasteiger partial charge in [0.25, 0.3) is 0 Å². The first-order valence-corrected chi connectivity index (χ1v) is 3.79. The molecule has 0 aromatic heterocycles. The average Bonchev–Trinajstić information content (AvgIpc) is 2.29. The van der Waals surface area contributed by atoms with E-state index in [2.05, 4.69) is 10.6 Å². The van der Waals surface area contributed by atoms with E-state index in [9.17, 15) is 4.79 Å². The van der Waals surface area contributed by atoms with Crippen LogP contribution in [0.4, 0.5) is 0 Å². The van der Waals surface area contributed by atoms with Crippen molar-refractivity contribution in [2.45, 2.75) is 24.4 Å². The topological polar surface area (TPSA) is 41.1 Å². The van der Waals surface area contributed by atoms with Gasteiger partial charge in [0.05, 0.1) is 5.54 Å². The number of hydrogen-bond donors (Lipinski definition) is 2. The zero-order valence-corrected chi connectivity index (χ0v) is 5.89. The number of carbonyl (C=O) groups is 1.